The molecule has 0 radical (unpaired) electrons. The first kappa shape index (κ1) is 17.9. The molecule has 0 bridgehead atoms. The second-order valence-corrected chi connectivity index (χ2v) is 6.39. The van der Waals surface area contributed by atoms with E-state index in [-0.39, 0.29) is 23.3 Å². The zero-order valence-corrected chi connectivity index (χ0v) is 15.1. The molecule has 1 aromatic carbocycles. The fraction of sp³-hybridized carbons (Fsp3) is 0.167. The standard InChI is InChI=1S/C18H17ClFN5O/c1-11(26)22-23-18(21)13-7-15(19)14(16(20)8-13)10-25-6-3-12-9-24(2)5-4-17(12)25/h3-9H,10H2,1-2H3,(H2-,21,22,23,26)/p+1. The molecule has 0 aliphatic heterocycles. The number of hydrogen-bond donors (Lipinski definition) is 2. The molecule has 3 N–H and O–H groups in total. The molecule has 0 saturated heterocycles. The van der Waals surface area contributed by atoms with Gasteiger partial charge in [0, 0.05) is 35.3 Å². The van der Waals surface area contributed by atoms with Crippen LogP contribution < -0.4 is 15.7 Å². The number of halogens is 2. The van der Waals surface area contributed by atoms with Gasteiger partial charge in [-0.15, -0.1) is 0 Å². The predicted octanol–water partition coefficient (Wildman–Crippen LogP) is 2.06. The number of aryl methyl sites for hydroxylation is 1. The van der Waals surface area contributed by atoms with Crippen molar-refractivity contribution in [2.75, 3.05) is 0 Å². The third-order valence-electron chi connectivity index (χ3n) is 3.95. The molecule has 0 spiro atoms. The second-order valence-electron chi connectivity index (χ2n) is 5.98. The minimum atomic E-state index is -0.489. The van der Waals surface area contributed by atoms with Crippen molar-refractivity contribution in [1.29, 1.82) is 0 Å². The van der Waals surface area contributed by atoms with Gasteiger partial charge in [0.05, 0.1) is 17.4 Å². The lowest BCUT2D eigenvalue weighted by Gasteiger charge is -2.11. The molecule has 0 unspecified atom stereocenters. The maximum atomic E-state index is 14.6. The van der Waals surface area contributed by atoms with E-state index in [1.54, 1.807) is 0 Å². The first-order valence-electron chi connectivity index (χ1n) is 7.87. The molecule has 8 heteroatoms. The molecule has 3 rings (SSSR count). The highest BCUT2D eigenvalue weighted by molar-refractivity contribution is 6.31. The number of amidine groups is 1. The lowest BCUT2D eigenvalue weighted by atomic mass is 10.1. The van der Waals surface area contributed by atoms with Gasteiger partial charge in [0.25, 0.3) is 0 Å². The van der Waals surface area contributed by atoms with Gasteiger partial charge in [-0.25, -0.2) is 14.4 Å². The quantitative estimate of drug-likeness (QED) is 0.317. The summed E-state index contributed by atoms with van der Waals surface area (Å²) in [5, 5.41) is 4.98. The summed E-state index contributed by atoms with van der Waals surface area (Å²) in [5.74, 6) is -0.882. The van der Waals surface area contributed by atoms with Gasteiger partial charge in [-0.3, -0.25) is 4.79 Å². The highest BCUT2D eigenvalue weighted by Crippen LogP contribution is 2.24. The largest absolute Gasteiger partial charge is 0.382 e. The topological polar surface area (TPSA) is 76.3 Å². The number of nitrogens with two attached hydrogens (primary N) is 1. The SMILES string of the molecule is CC(=O)NN=C(N)c1cc(F)c(Cn2ccc3c[n+](C)ccc32)c(Cl)c1. The lowest BCUT2D eigenvalue weighted by molar-refractivity contribution is -0.670. The van der Waals surface area contributed by atoms with Crippen LogP contribution >= 0.6 is 11.6 Å². The van der Waals surface area contributed by atoms with Gasteiger partial charge < -0.3 is 10.3 Å². The Kier molecular flexibility index (Phi) is 4.90. The van der Waals surface area contributed by atoms with E-state index in [0.717, 1.165) is 10.9 Å². The van der Waals surface area contributed by atoms with Crippen LogP contribution in [0.1, 0.15) is 18.1 Å². The van der Waals surface area contributed by atoms with Crippen molar-refractivity contribution in [3.8, 4) is 0 Å². The first-order chi connectivity index (χ1) is 12.3. The Morgan fingerprint density at radius 1 is 1.42 bits per heavy atom. The van der Waals surface area contributed by atoms with Crippen molar-refractivity contribution >= 4 is 34.2 Å². The van der Waals surface area contributed by atoms with Gasteiger partial charge in [0.2, 0.25) is 5.91 Å². The van der Waals surface area contributed by atoms with Crippen LogP contribution in [0.5, 0.6) is 0 Å². The fourth-order valence-corrected chi connectivity index (χ4v) is 2.93. The summed E-state index contributed by atoms with van der Waals surface area (Å²) in [6, 6.07) is 6.72. The maximum absolute atomic E-state index is 14.6. The molecule has 2 aromatic heterocycles. The van der Waals surface area contributed by atoms with Crippen LogP contribution in [-0.2, 0) is 18.4 Å². The normalized spacial score (nSPS) is 11.8. The summed E-state index contributed by atoms with van der Waals surface area (Å²) in [5.41, 5.74) is 9.61. The fourth-order valence-electron chi connectivity index (χ4n) is 2.67. The maximum Gasteiger partial charge on any atom is 0.237 e. The Bertz CT molecular complexity index is 1000. The summed E-state index contributed by atoms with van der Waals surface area (Å²) in [6.07, 6.45) is 5.81. The minimum absolute atomic E-state index is 0.0218. The van der Waals surface area contributed by atoms with Crippen molar-refractivity contribution in [3.63, 3.8) is 0 Å². The van der Waals surface area contributed by atoms with E-state index in [9.17, 15) is 9.18 Å². The van der Waals surface area contributed by atoms with Gasteiger partial charge >= 0.3 is 0 Å². The van der Waals surface area contributed by atoms with Gasteiger partial charge in [-0.2, -0.15) is 5.10 Å². The average Bonchev–Trinajstić information content (AvgIpc) is 2.97. The van der Waals surface area contributed by atoms with Crippen LogP contribution in [0.4, 0.5) is 4.39 Å². The number of carbonyl (C=O) groups is 1. The number of rotatable bonds is 4. The number of amides is 1. The molecule has 2 heterocycles. The molecule has 0 aliphatic rings. The van der Waals surface area contributed by atoms with E-state index in [0.29, 0.717) is 11.1 Å². The third-order valence-corrected chi connectivity index (χ3v) is 4.29. The zero-order chi connectivity index (χ0) is 18.8. The number of nitrogens with zero attached hydrogens (tertiary/aromatic N) is 3. The van der Waals surface area contributed by atoms with Crippen LogP contribution in [0.15, 0.2) is 48.0 Å². The number of fused-ring (bicyclic) bond motifs is 1. The van der Waals surface area contributed by atoms with E-state index < -0.39 is 5.82 Å². The van der Waals surface area contributed by atoms with Crippen LogP contribution in [0.3, 0.4) is 0 Å². The molecule has 134 valence electrons. The average molecular weight is 375 g/mol. The lowest BCUT2D eigenvalue weighted by Crippen LogP contribution is -2.25. The summed E-state index contributed by atoms with van der Waals surface area (Å²) in [6.45, 7) is 1.58. The second kappa shape index (κ2) is 7.13. The molecular weight excluding hydrogens is 357 g/mol. The minimum Gasteiger partial charge on any atom is -0.382 e. The first-order valence-corrected chi connectivity index (χ1v) is 8.25. The number of pyridine rings is 1. The van der Waals surface area contributed by atoms with E-state index in [2.05, 4.69) is 10.5 Å². The number of carbonyl (C=O) groups excluding carboxylic acids is 1. The van der Waals surface area contributed by atoms with E-state index >= 15 is 0 Å². The Hall–Kier alpha value is -2.93. The number of hydrogen-bond acceptors (Lipinski definition) is 2. The molecule has 26 heavy (non-hydrogen) atoms. The van der Waals surface area contributed by atoms with Gasteiger partial charge in [-0.05, 0) is 18.2 Å². The number of nitrogens with one attached hydrogen (secondary N) is 1. The number of benzene rings is 1. The summed E-state index contributed by atoms with van der Waals surface area (Å²) >= 11 is 6.28. The van der Waals surface area contributed by atoms with E-state index in [1.807, 2.05) is 46.9 Å². The molecule has 3 aromatic rings. The number of hydrazone groups is 1. The molecule has 0 aliphatic carbocycles. The van der Waals surface area contributed by atoms with Gasteiger partial charge in [0.15, 0.2) is 18.2 Å². The Morgan fingerprint density at radius 3 is 2.88 bits per heavy atom. The van der Waals surface area contributed by atoms with Crippen molar-refractivity contribution in [1.82, 2.24) is 9.99 Å². The van der Waals surface area contributed by atoms with Gasteiger partial charge in [-0.1, -0.05) is 11.6 Å². The Balaban J connectivity index is 1.93. The summed E-state index contributed by atoms with van der Waals surface area (Å²) in [7, 11) is 1.94. The van der Waals surface area contributed by atoms with Crippen molar-refractivity contribution in [2.24, 2.45) is 17.9 Å². The molecule has 0 saturated carbocycles. The predicted molar refractivity (Wildman–Crippen MR) is 98.2 cm³/mol. The van der Waals surface area contributed by atoms with Crippen molar-refractivity contribution in [3.05, 3.63) is 64.8 Å². The smallest absolute Gasteiger partial charge is 0.237 e. The van der Waals surface area contributed by atoms with Crippen molar-refractivity contribution < 1.29 is 13.8 Å². The van der Waals surface area contributed by atoms with Crippen LogP contribution in [0, 0.1) is 5.82 Å². The third kappa shape index (κ3) is 3.67. The molecule has 0 atom stereocenters. The van der Waals surface area contributed by atoms with Gasteiger partial charge in [0.1, 0.15) is 12.9 Å². The molecule has 0 fully saturated rings. The Labute approximate surface area is 154 Å². The zero-order valence-electron chi connectivity index (χ0n) is 14.3. The van der Waals surface area contributed by atoms with Crippen LogP contribution in [0.25, 0.3) is 10.9 Å². The highest BCUT2D eigenvalue weighted by atomic mass is 35.5. The summed E-state index contributed by atoms with van der Waals surface area (Å²) < 4.78 is 18.5. The van der Waals surface area contributed by atoms with Crippen LogP contribution in [-0.4, -0.2) is 16.3 Å². The van der Waals surface area contributed by atoms with E-state index in [1.165, 1.54) is 19.1 Å². The van der Waals surface area contributed by atoms with E-state index in [4.69, 9.17) is 17.3 Å². The Morgan fingerprint density at radius 2 is 2.19 bits per heavy atom. The number of aromatic nitrogens is 2. The van der Waals surface area contributed by atoms with Crippen LogP contribution in [0.2, 0.25) is 5.02 Å². The molecule has 6 nitrogen and oxygen atoms in total. The highest BCUT2D eigenvalue weighted by Gasteiger charge is 2.14. The summed E-state index contributed by atoms with van der Waals surface area (Å²) in [4.78, 5) is 10.9. The molecule has 1 amide bonds. The monoisotopic (exact) mass is 374 g/mol. The molecular formula is C18H18ClFN5O+. The van der Waals surface area contributed by atoms with Crippen molar-refractivity contribution in [2.45, 2.75) is 13.5 Å².